The van der Waals surface area contributed by atoms with E-state index in [1.165, 1.54) is 0 Å². The van der Waals surface area contributed by atoms with E-state index >= 15 is 0 Å². The Balaban J connectivity index is 2.20. The van der Waals surface area contributed by atoms with E-state index in [4.69, 9.17) is 0 Å². The van der Waals surface area contributed by atoms with Gasteiger partial charge in [-0.3, -0.25) is 0 Å². The van der Waals surface area contributed by atoms with Crippen molar-refractivity contribution in [2.24, 2.45) is 11.8 Å². The summed E-state index contributed by atoms with van der Waals surface area (Å²) in [6.45, 7) is 6.27. The van der Waals surface area contributed by atoms with Crippen molar-refractivity contribution in [3.8, 4) is 0 Å². The first kappa shape index (κ1) is 16.0. The molecule has 1 fully saturated rings. The van der Waals surface area contributed by atoms with E-state index in [2.05, 4.69) is 34.5 Å². The number of hydrogen-bond acceptors (Lipinski definition) is 2. The highest BCUT2D eigenvalue weighted by Gasteiger charge is 2.34. The molecule has 1 aliphatic carbocycles. The third-order valence-electron chi connectivity index (χ3n) is 4.43. The molecule has 0 radical (unpaired) electrons. The van der Waals surface area contributed by atoms with Crippen LogP contribution in [0.2, 0.25) is 0 Å². The van der Waals surface area contributed by atoms with Crippen LogP contribution in [-0.4, -0.2) is 14.5 Å². The highest BCUT2D eigenvalue weighted by molar-refractivity contribution is 9.10. The first-order chi connectivity index (χ1) is 9.35. The van der Waals surface area contributed by atoms with Gasteiger partial charge in [0.1, 0.15) is 0 Å². The molecule has 2 rings (SSSR count). The lowest BCUT2D eigenvalue weighted by atomic mass is 9.94. The van der Waals surface area contributed by atoms with Gasteiger partial charge in [-0.2, -0.15) is 0 Å². The molecule has 0 heterocycles. The monoisotopic (exact) mass is 359 g/mol. The highest BCUT2D eigenvalue weighted by atomic mass is 79.9. The maximum atomic E-state index is 12.5. The number of nitrogens with one attached hydrogen (secondary N) is 1. The Morgan fingerprint density at radius 1 is 1.35 bits per heavy atom. The maximum absolute atomic E-state index is 12.5. The van der Waals surface area contributed by atoms with Crippen LogP contribution >= 0.6 is 15.9 Å². The van der Waals surface area contributed by atoms with E-state index in [1.807, 2.05) is 19.1 Å². The van der Waals surface area contributed by atoms with Crippen LogP contribution in [0.1, 0.15) is 38.7 Å². The Hall–Kier alpha value is -0.390. The first-order valence-corrected chi connectivity index (χ1v) is 9.41. The Kier molecular flexibility index (Phi) is 4.92. The third kappa shape index (κ3) is 3.26. The summed E-state index contributed by atoms with van der Waals surface area (Å²) in [6.07, 6.45) is 3.16. The quantitative estimate of drug-likeness (QED) is 0.886. The average molecular weight is 360 g/mol. The van der Waals surface area contributed by atoms with Crippen molar-refractivity contribution in [3.63, 3.8) is 0 Å². The number of hydrogen-bond donors (Lipinski definition) is 1. The van der Waals surface area contributed by atoms with E-state index in [0.29, 0.717) is 21.2 Å². The largest absolute Gasteiger partial charge is 0.241 e. The molecule has 1 aromatic rings. The van der Waals surface area contributed by atoms with Gasteiger partial charge in [-0.05, 0) is 65.2 Å². The van der Waals surface area contributed by atoms with Gasteiger partial charge in [0.25, 0.3) is 0 Å². The van der Waals surface area contributed by atoms with Crippen molar-refractivity contribution in [3.05, 3.63) is 28.2 Å². The summed E-state index contributed by atoms with van der Waals surface area (Å²) in [5.41, 5.74) is 1.04. The molecular formula is C15H22BrNO2S. The molecule has 112 valence electrons. The Morgan fingerprint density at radius 2 is 2.05 bits per heavy atom. The van der Waals surface area contributed by atoms with Crippen LogP contribution in [0.4, 0.5) is 0 Å². The van der Waals surface area contributed by atoms with Crippen molar-refractivity contribution < 1.29 is 8.42 Å². The van der Waals surface area contributed by atoms with Crippen LogP contribution in [0.5, 0.6) is 0 Å². The molecule has 1 aromatic carbocycles. The van der Waals surface area contributed by atoms with Gasteiger partial charge in [-0.15, -0.1) is 0 Å². The molecular weight excluding hydrogens is 338 g/mol. The number of sulfonamides is 1. The molecule has 0 spiro atoms. The summed E-state index contributed by atoms with van der Waals surface area (Å²) in [5, 5.41) is 0. The molecule has 0 amide bonds. The minimum Gasteiger partial charge on any atom is -0.208 e. The second-order valence-electron chi connectivity index (χ2n) is 5.77. The number of rotatable bonds is 4. The van der Waals surface area contributed by atoms with Gasteiger partial charge in [0, 0.05) is 10.5 Å². The standard InChI is InChI=1S/C15H22BrNO2S/c1-4-12-6-7-14(11(12)3)17-20(18,19)15-8-5-10(2)9-13(15)16/h5,8-9,11-12,14,17H,4,6-7H2,1-3H3. The fourth-order valence-electron chi connectivity index (χ4n) is 3.08. The van der Waals surface area contributed by atoms with Crippen molar-refractivity contribution >= 4 is 26.0 Å². The van der Waals surface area contributed by atoms with Crippen LogP contribution in [0.3, 0.4) is 0 Å². The fraction of sp³-hybridized carbons (Fsp3) is 0.600. The van der Waals surface area contributed by atoms with Gasteiger partial charge in [-0.25, -0.2) is 13.1 Å². The van der Waals surface area contributed by atoms with Crippen LogP contribution in [0.15, 0.2) is 27.6 Å². The van der Waals surface area contributed by atoms with Gasteiger partial charge in [0.15, 0.2) is 0 Å². The second kappa shape index (κ2) is 6.16. The second-order valence-corrected chi connectivity index (χ2v) is 8.30. The average Bonchev–Trinajstić information content (AvgIpc) is 2.69. The van der Waals surface area contributed by atoms with E-state index in [-0.39, 0.29) is 6.04 Å². The Morgan fingerprint density at radius 3 is 2.60 bits per heavy atom. The van der Waals surface area contributed by atoms with Crippen LogP contribution in [-0.2, 0) is 10.0 Å². The fourth-order valence-corrected chi connectivity index (χ4v) is 5.63. The predicted molar refractivity (Wildman–Crippen MR) is 85.2 cm³/mol. The number of halogens is 1. The van der Waals surface area contributed by atoms with Crippen LogP contribution in [0.25, 0.3) is 0 Å². The van der Waals surface area contributed by atoms with Gasteiger partial charge in [0.05, 0.1) is 4.90 Å². The molecule has 0 saturated heterocycles. The molecule has 1 N–H and O–H groups in total. The Bertz CT molecular complexity index is 586. The van der Waals surface area contributed by atoms with E-state index in [1.54, 1.807) is 6.07 Å². The van der Waals surface area contributed by atoms with Gasteiger partial charge in [-0.1, -0.05) is 26.3 Å². The Labute approximate surface area is 130 Å². The summed E-state index contributed by atoms with van der Waals surface area (Å²) in [7, 11) is -3.45. The van der Waals surface area contributed by atoms with Crippen molar-refractivity contribution in [2.75, 3.05) is 0 Å². The topological polar surface area (TPSA) is 46.2 Å². The number of aryl methyl sites for hydroxylation is 1. The molecule has 3 atom stereocenters. The van der Waals surface area contributed by atoms with Gasteiger partial charge in [0.2, 0.25) is 10.0 Å². The molecule has 1 saturated carbocycles. The molecule has 1 aliphatic rings. The van der Waals surface area contributed by atoms with E-state index in [9.17, 15) is 8.42 Å². The summed E-state index contributed by atoms with van der Waals surface area (Å²) in [5.74, 6) is 1.03. The van der Waals surface area contributed by atoms with E-state index in [0.717, 1.165) is 24.8 Å². The zero-order valence-electron chi connectivity index (χ0n) is 12.2. The predicted octanol–water partition coefficient (Wildman–Crippen LogP) is 3.86. The minimum absolute atomic E-state index is 0.0538. The van der Waals surface area contributed by atoms with E-state index < -0.39 is 10.0 Å². The molecule has 20 heavy (non-hydrogen) atoms. The van der Waals surface area contributed by atoms with Crippen molar-refractivity contribution in [1.82, 2.24) is 4.72 Å². The number of benzene rings is 1. The van der Waals surface area contributed by atoms with Crippen LogP contribution in [0, 0.1) is 18.8 Å². The summed E-state index contributed by atoms with van der Waals surface area (Å²) in [4.78, 5) is 0.329. The first-order valence-electron chi connectivity index (χ1n) is 7.13. The lowest BCUT2D eigenvalue weighted by Gasteiger charge is -2.21. The molecule has 3 unspecified atom stereocenters. The summed E-state index contributed by atoms with van der Waals surface area (Å²) < 4.78 is 28.6. The SMILES string of the molecule is CCC1CCC(NS(=O)(=O)c2ccc(C)cc2Br)C1C. The normalized spacial score (nSPS) is 26.9. The molecule has 0 aliphatic heterocycles. The smallest absolute Gasteiger partial charge is 0.208 e. The molecule has 5 heteroatoms. The van der Waals surface area contributed by atoms with Crippen molar-refractivity contribution in [1.29, 1.82) is 0 Å². The zero-order chi connectivity index (χ0) is 14.9. The van der Waals surface area contributed by atoms with Gasteiger partial charge < -0.3 is 0 Å². The van der Waals surface area contributed by atoms with Gasteiger partial charge >= 0.3 is 0 Å². The zero-order valence-corrected chi connectivity index (χ0v) is 14.6. The molecule has 0 bridgehead atoms. The van der Waals surface area contributed by atoms with Crippen LogP contribution < -0.4 is 4.72 Å². The lowest BCUT2D eigenvalue weighted by Crippen LogP contribution is -2.37. The maximum Gasteiger partial charge on any atom is 0.241 e. The summed E-state index contributed by atoms with van der Waals surface area (Å²) >= 11 is 3.35. The molecule has 0 aromatic heterocycles. The molecule has 3 nitrogen and oxygen atoms in total. The lowest BCUT2D eigenvalue weighted by molar-refractivity contribution is 0.368. The summed E-state index contributed by atoms with van der Waals surface area (Å²) in [6, 6.07) is 5.38. The van der Waals surface area contributed by atoms with Crippen molar-refractivity contribution in [2.45, 2.75) is 51.0 Å². The minimum atomic E-state index is -3.45. The highest BCUT2D eigenvalue weighted by Crippen LogP contribution is 2.35. The third-order valence-corrected chi connectivity index (χ3v) is 6.90.